The normalized spacial score (nSPS) is 23.0. The molecule has 7 nitrogen and oxygen atoms in total. The monoisotopic (exact) mass is 330 g/mol. The lowest BCUT2D eigenvalue weighted by Crippen LogP contribution is -2.33. The highest BCUT2D eigenvalue weighted by molar-refractivity contribution is 5.95. The van der Waals surface area contributed by atoms with Crippen LogP contribution in [-0.2, 0) is 24.1 Å². The molecule has 4 rings (SSSR count). The summed E-state index contributed by atoms with van der Waals surface area (Å²) in [5.41, 5.74) is 0.639. The van der Waals surface area contributed by atoms with E-state index in [1.54, 1.807) is 19.4 Å². The van der Waals surface area contributed by atoms with Gasteiger partial charge in [-0.15, -0.1) is 10.2 Å². The van der Waals surface area contributed by atoms with Gasteiger partial charge in [0.2, 0.25) is 0 Å². The average molecular weight is 330 g/mol. The van der Waals surface area contributed by atoms with Crippen molar-refractivity contribution in [2.24, 2.45) is 0 Å². The second kappa shape index (κ2) is 6.05. The van der Waals surface area contributed by atoms with E-state index in [0.717, 1.165) is 43.2 Å². The fourth-order valence-corrected chi connectivity index (χ4v) is 3.82. The topological polar surface area (TPSA) is 73.4 Å². The number of hydrogen-bond donors (Lipinski definition) is 0. The first-order valence-corrected chi connectivity index (χ1v) is 8.55. The fraction of sp³-hybridized carbons (Fsp3) is 0.588. The highest BCUT2D eigenvalue weighted by Crippen LogP contribution is 2.35. The molecule has 128 valence electrons. The molecule has 0 N–H and O–H groups in total. The van der Waals surface area contributed by atoms with Crippen LogP contribution in [0.25, 0.3) is 0 Å². The van der Waals surface area contributed by atoms with E-state index in [4.69, 9.17) is 9.15 Å². The first-order chi connectivity index (χ1) is 11.7. The number of aryl methyl sites for hydroxylation is 2. The molecule has 1 saturated heterocycles. The Morgan fingerprint density at radius 3 is 3.12 bits per heavy atom. The van der Waals surface area contributed by atoms with E-state index < -0.39 is 0 Å². The summed E-state index contributed by atoms with van der Waals surface area (Å²) in [6.45, 7) is 3.48. The summed E-state index contributed by atoms with van der Waals surface area (Å²) in [5, 5.41) is 8.68. The maximum atomic E-state index is 13.1. The van der Waals surface area contributed by atoms with Crippen molar-refractivity contribution in [3.63, 3.8) is 0 Å². The Labute approximate surface area is 140 Å². The first kappa shape index (κ1) is 15.4. The summed E-state index contributed by atoms with van der Waals surface area (Å²) in [4.78, 5) is 15.0. The zero-order chi connectivity index (χ0) is 16.7. The lowest BCUT2D eigenvalue weighted by molar-refractivity contribution is 0.0680. The molecule has 1 fully saturated rings. The quantitative estimate of drug-likeness (QED) is 0.857. The second-order valence-corrected chi connectivity index (χ2v) is 6.41. The summed E-state index contributed by atoms with van der Waals surface area (Å²) >= 11 is 0. The highest BCUT2D eigenvalue weighted by Gasteiger charge is 2.41. The number of ether oxygens (including phenoxy) is 1. The number of fused-ring (bicyclic) bond motifs is 1. The molecule has 0 unspecified atom stereocenters. The van der Waals surface area contributed by atoms with E-state index in [9.17, 15) is 4.79 Å². The van der Waals surface area contributed by atoms with Gasteiger partial charge in [-0.25, -0.2) is 0 Å². The summed E-state index contributed by atoms with van der Waals surface area (Å²) in [6, 6.07) is 1.66. The first-order valence-electron chi connectivity index (χ1n) is 8.55. The molecule has 4 heterocycles. The number of furan rings is 1. The van der Waals surface area contributed by atoms with Gasteiger partial charge in [0.25, 0.3) is 5.91 Å². The van der Waals surface area contributed by atoms with E-state index >= 15 is 0 Å². The summed E-state index contributed by atoms with van der Waals surface area (Å²) in [7, 11) is 1.69. The van der Waals surface area contributed by atoms with Crippen LogP contribution in [0.4, 0.5) is 0 Å². The zero-order valence-corrected chi connectivity index (χ0v) is 14.1. The number of nitrogens with zero attached hydrogens (tertiary/aromatic N) is 4. The lowest BCUT2D eigenvalue weighted by atomic mass is 10.1. The van der Waals surface area contributed by atoms with Crippen molar-refractivity contribution in [3.8, 4) is 0 Å². The predicted octanol–water partition coefficient (Wildman–Crippen LogP) is 1.98. The van der Waals surface area contributed by atoms with Crippen molar-refractivity contribution < 1.29 is 13.9 Å². The van der Waals surface area contributed by atoms with Crippen LogP contribution in [0.5, 0.6) is 0 Å². The number of rotatable bonds is 4. The van der Waals surface area contributed by atoms with Gasteiger partial charge in [0.15, 0.2) is 5.82 Å². The molecule has 0 aliphatic carbocycles. The minimum atomic E-state index is -0.0959. The molecule has 24 heavy (non-hydrogen) atoms. The number of methoxy groups -OCH3 is 1. The largest absolute Gasteiger partial charge is 0.469 e. The molecule has 0 bridgehead atoms. The van der Waals surface area contributed by atoms with Crippen molar-refractivity contribution in [2.75, 3.05) is 13.7 Å². The van der Waals surface area contributed by atoms with Gasteiger partial charge < -0.3 is 18.6 Å². The third-order valence-corrected chi connectivity index (χ3v) is 5.09. The van der Waals surface area contributed by atoms with Gasteiger partial charge in [-0.05, 0) is 12.5 Å². The number of amides is 1. The predicted molar refractivity (Wildman–Crippen MR) is 85.6 cm³/mol. The van der Waals surface area contributed by atoms with Crippen molar-refractivity contribution in [3.05, 3.63) is 35.3 Å². The molecule has 2 atom stereocenters. The van der Waals surface area contributed by atoms with Crippen LogP contribution < -0.4 is 0 Å². The average Bonchev–Trinajstić information content (AvgIpc) is 3.34. The van der Waals surface area contributed by atoms with Gasteiger partial charge in [-0.1, -0.05) is 6.92 Å². The van der Waals surface area contributed by atoms with Gasteiger partial charge in [0, 0.05) is 39.5 Å². The molecule has 2 aliphatic heterocycles. The minimum Gasteiger partial charge on any atom is -0.469 e. The maximum Gasteiger partial charge on any atom is 0.258 e. The van der Waals surface area contributed by atoms with E-state index in [1.807, 2.05) is 11.8 Å². The lowest BCUT2D eigenvalue weighted by Gasteiger charge is -2.23. The summed E-state index contributed by atoms with van der Waals surface area (Å²) in [6.07, 6.45) is 5.10. The number of hydrogen-bond acceptors (Lipinski definition) is 5. The molecule has 0 aromatic carbocycles. The van der Waals surface area contributed by atoms with Crippen LogP contribution in [-0.4, -0.2) is 45.3 Å². The molecule has 2 aromatic rings. The molecular weight excluding hydrogens is 308 g/mol. The Hall–Kier alpha value is -2.15. The molecule has 7 heteroatoms. The van der Waals surface area contributed by atoms with Gasteiger partial charge in [-0.2, -0.15) is 0 Å². The van der Waals surface area contributed by atoms with Crippen molar-refractivity contribution in [1.29, 1.82) is 0 Å². The molecule has 1 amide bonds. The van der Waals surface area contributed by atoms with Crippen LogP contribution in [0.15, 0.2) is 16.7 Å². The van der Waals surface area contributed by atoms with Crippen molar-refractivity contribution in [2.45, 2.75) is 51.3 Å². The van der Waals surface area contributed by atoms with Crippen LogP contribution in [0.2, 0.25) is 0 Å². The molecular formula is C17H22N4O3. The Morgan fingerprint density at radius 1 is 1.46 bits per heavy atom. The van der Waals surface area contributed by atoms with E-state index in [-0.39, 0.29) is 18.1 Å². The summed E-state index contributed by atoms with van der Waals surface area (Å²) in [5.74, 6) is 2.62. The van der Waals surface area contributed by atoms with E-state index in [2.05, 4.69) is 14.8 Å². The highest BCUT2D eigenvalue weighted by atomic mass is 16.5. The van der Waals surface area contributed by atoms with Crippen molar-refractivity contribution in [1.82, 2.24) is 19.7 Å². The van der Waals surface area contributed by atoms with Gasteiger partial charge in [0.05, 0.1) is 24.0 Å². The maximum absolute atomic E-state index is 13.1. The number of carbonyl (C=O) groups is 1. The van der Waals surface area contributed by atoms with Crippen LogP contribution >= 0.6 is 0 Å². The van der Waals surface area contributed by atoms with Crippen molar-refractivity contribution >= 4 is 5.91 Å². The third kappa shape index (κ3) is 2.34. The Bertz CT molecular complexity index is 751. The number of likely N-dealkylation sites (tertiary alicyclic amines) is 1. The molecule has 0 spiro atoms. The van der Waals surface area contributed by atoms with Crippen LogP contribution in [0.1, 0.15) is 53.6 Å². The fourth-order valence-electron chi connectivity index (χ4n) is 3.82. The van der Waals surface area contributed by atoms with E-state index in [1.165, 1.54) is 0 Å². The smallest absolute Gasteiger partial charge is 0.258 e. The number of aromatic nitrogens is 3. The van der Waals surface area contributed by atoms with Crippen LogP contribution in [0, 0.1) is 0 Å². The van der Waals surface area contributed by atoms with Gasteiger partial charge >= 0.3 is 0 Å². The molecule has 2 aromatic heterocycles. The minimum absolute atomic E-state index is 0.0134. The SMILES string of the molecule is CCc1occc1C(=O)N1C[C@H](OC)C[C@H]1c1nnc2n1CCC2. The molecule has 2 aliphatic rings. The van der Waals surface area contributed by atoms with Gasteiger partial charge in [-0.3, -0.25) is 4.79 Å². The Morgan fingerprint density at radius 2 is 2.33 bits per heavy atom. The molecule has 0 radical (unpaired) electrons. The van der Waals surface area contributed by atoms with E-state index in [0.29, 0.717) is 18.5 Å². The standard InChI is InChI=1S/C17H22N4O3/c1-3-14-12(6-8-24-14)17(22)21-10-11(23-2)9-13(21)16-19-18-15-5-4-7-20(15)16/h6,8,11,13H,3-5,7,9-10H2,1-2H3/t11-,13+/m1/s1. The third-order valence-electron chi connectivity index (χ3n) is 5.09. The van der Waals surface area contributed by atoms with Gasteiger partial charge in [0.1, 0.15) is 11.6 Å². The Balaban J connectivity index is 1.68. The Kier molecular flexibility index (Phi) is 3.88. The second-order valence-electron chi connectivity index (χ2n) is 6.41. The zero-order valence-electron chi connectivity index (χ0n) is 14.1. The number of carbonyl (C=O) groups excluding carboxylic acids is 1. The summed E-state index contributed by atoms with van der Waals surface area (Å²) < 4.78 is 13.1. The molecule has 0 saturated carbocycles. The van der Waals surface area contributed by atoms with Crippen LogP contribution in [0.3, 0.4) is 0 Å².